The predicted molar refractivity (Wildman–Crippen MR) is 137 cm³/mol. The molecule has 0 saturated heterocycles. The van der Waals surface area contributed by atoms with Crippen LogP contribution in [0.15, 0.2) is 17.0 Å². The Morgan fingerprint density at radius 1 is 0.818 bits per heavy atom. The quantitative estimate of drug-likeness (QED) is 0.287. The fourth-order valence-corrected chi connectivity index (χ4v) is 6.08. The number of rotatable bonds is 3. The molecule has 1 aromatic rings. The van der Waals surface area contributed by atoms with Gasteiger partial charge in [0.1, 0.15) is 0 Å². The van der Waals surface area contributed by atoms with Gasteiger partial charge in [-0.3, -0.25) is 4.98 Å². The molecule has 1 aliphatic heterocycles. The van der Waals surface area contributed by atoms with Gasteiger partial charge in [0.05, 0.1) is 11.4 Å². The Balaban J connectivity index is 0.000000968. The van der Waals surface area contributed by atoms with E-state index in [1.807, 2.05) is 11.8 Å². The van der Waals surface area contributed by atoms with Crippen molar-refractivity contribution < 1.29 is 13.1 Å². The molecule has 0 aromatic carbocycles. The minimum atomic E-state index is 0.00694. The summed E-state index contributed by atoms with van der Waals surface area (Å²) < 4.78 is 0. The monoisotopic (exact) mass is 557 g/mol. The van der Waals surface area contributed by atoms with E-state index in [-0.39, 0.29) is 13.1 Å². The molecule has 4 atom stereocenters. The van der Waals surface area contributed by atoms with Gasteiger partial charge < -0.3 is 27.0 Å². The summed E-state index contributed by atoms with van der Waals surface area (Å²) in [6, 6.07) is 6.72. The van der Waals surface area contributed by atoms with Gasteiger partial charge in [-0.1, -0.05) is 25.7 Å². The summed E-state index contributed by atoms with van der Waals surface area (Å²) in [7, 11) is 9.59. The Bertz CT molecular complexity index is 640. The fourth-order valence-electron chi connectivity index (χ4n) is 5.29. The van der Waals surface area contributed by atoms with Crippen molar-refractivity contribution >= 4 is 32.0 Å². The van der Waals surface area contributed by atoms with Crippen molar-refractivity contribution in [2.45, 2.75) is 93.5 Å². The van der Waals surface area contributed by atoms with Crippen molar-refractivity contribution in [3.8, 4) is 0 Å². The predicted octanol–water partition coefficient (Wildman–Crippen LogP) is 3.50. The molecule has 10 heteroatoms. The number of nitrogens with one attached hydrogen (secondary N) is 4. The van der Waals surface area contributed by atoms with Crippen LogP contribution in [0.5, 0.6) is 0 Å². The van der Waals surface area contributed by atoms with Crippen molar-refractivity contribution in [1.29, 1.82) is 0 Å². The number of fused-ring (bicyclic) bond motifs is 4. The zero-order valence-electron chi connectivity index (χ0n) is 19.4. The average Bonchev–Trinajstić information content (AvgIpc) is 2.84. The van der Waals surface area contributed by atoms with E-state index in [1.54, 1.807) is 0 Å². The molecule has 3 aliphatic rings. The first-order chi connectivity index (χ1) is 16.2. The first-order valence-electron chi connectivity index (χ1n) is 12.4. The molecule has 6 N–H and O–H groups in total. The normalized spacial score (nSPS) is 28.8. The van der Waals surface area contributed by atoms with Crippen LogP contribution in [0.3, 0.4) is 0 Å². The number of hydrogen-bond donors (Lipinski definition) is 5. The molecule has 4 rings (SSSR count). The average molecular weight is 559 g/mol. The molecule has 0 amide bonds. The number of hydrogen-bond acceptors (Lipinski definition) is 7. The molecular formula is C23H40Cl2MnN6S. The maximum atomic E-state index is 5.76. The zero-order chi connectivity index (χ0) is 23.3. The van der Waals surface area contributed by atoms with Crippen LogP contribution in [0.4, 0.5) is 0 Å². The Morgan fingerprint density at radius 2 is 1.24 bits per heavy atom. The molecule has 2 saturated carbocycles. The summed E-state index contributed by atoms with van der Waals surface area (Å²) in [5.41, 5.74) is 8.07. The summed E-state index contributed by atoms with van der Waals surface area (Å²) in [6.07, 6.45) is 10.4. The first-order valence-corrected chi connectivity index (χ1v) is 16.6. The SMILES string of the molecule is NCCSc1cc2nc(c1)CNC1CCCCC1NCCNC1CCCCC1NC2.[Cl][Mn][Cl]. The van der Waals surface area contributed by atoms with Gasteiger partial charge in [0.2, 0.25) is 0 Å². The molecule has 2 fully saturated rings. The van der Waals surface area contributed by atoms with Gasteiger partial charge in [0.15, 0.2) is 0 Å². The molecule has 2 heterocycles. The second-order valence-corrected chi connectivity index (χ2v) is 12.3. The summed E-state index contributed by atoms with van der Waals surface area (Å²) in [4.78, 5) is 6.31. The van der Waals surface area contributed by atoms with Gasteiger partial charge in [-0.15, -0.1) is 11.8 Å². The molecular weight excluding hydrogens is 518 g/mol. The number of pyridine rings is 1. The maximum absolute atomic E-state index is 5.76. The van der Waals surface area contributed by atoms with E-state index in [0.717, 1.165) is 43.3 Å². The van der Waals surface area contributed by atoms with Crippen LogP contribution in [-0.4, -0.2) is 54.5 Å². The minimum absolute atomic E-state index is 0.00694. The van der Waals surface area contributed by atoms with Crippen LogP contribution < -0.4 is 27.0 Å². The van der Waals surface area contributed by atoms with E-state index in [4.69, 9.17) is 30.9 Å². The summed E-state index contributed by atoms with van der Waals surface area (Å²) in [6.45, 7) is 4.50. The van der Waals surface area contributed by atoms with E-state index in [1.165, 1.54) is 56.3 Å². The van der Waals surface area contributed by atoms with E-state index in [2.05, 4.69) is 33.4 Å². The number of thioether (sulfide) groups is 1. The van der Waals surface area contributed by atoms with Crippen LogP contribution in [0.25, 0.3) is 0 Å². The molecule has 33 heavy (non-hydrogen) atoms. The molecule has 2 bridgehead atoms. The van der Waals surface area contributed by atoms with Crippen molar-refractivity contribution in [2.24, 2.45) is 5.73 Å². The molecule has 2 aliphatic carbocycles. The van der Waals surface area contributed by atoms with Crippen LogP contribution in [-0.2, 0) is 26.2 Å². The topological polar surface area (TPSA) is 87.0 Å². The summed E-state index contributed by atoms with van der Waals surface area (Å²) in [5.74, 6) is 0.951. The molecule has 189 valence electrons. The summed E-state index contributed by atoms with van der Waals surface area (Å²) >= 11 is 1.85. The second kappa shape index (κ2) is 16.2. The Labute approximate surface area is 218 Å². The van der Waals surface area contributed by atoms with Crippen molar-refractivity contribution in [2.75, 3.05) is 25.4 Å². The van der Waals surface area contributed by atoms with Crippen molar-refractivity contribution in [1.82, 2.24) is 26.3 Å². The van der Waals surface area contributed by atoms with E-state index in [0.29, 0.717) is 30.7 Å². The Kier molecular flexibility index (Phi) is 13.7. The van der Waals surface area contributed by atoms with E-state index >= 15 is 0 Å². The number of aromatic nitrogens is 1. The zero-order valence-corrected chi connectivity index (χ0v) is 22.9. The van der Waals surface area contributed by atoms with E-state index in [9.17, 15) is 0 Å². The number of halogens is 2. The van der Waals surface area contributed by atoms with Gasteiger partial charge in [-0.05, 0) is 37.8 Å². The molecule has 0 radical (unpaired) electrons. The van der Waals surface area contributed by atoms with Crippen molar-refractivity contribution in [3.05, 3.63) is 23.5 Å². The van der Waals surface area contributed by atoms with Gasteiger partial charge in [0, 0.05) is 67.5 Å². The third-order valence-electron chi connectivity index (χ3n) is 6.85. The third kappa shape index (κ3) is 9.76. The van der Waals surface area contributed by atoms with Gasteiger partial charge >= 0.3 is 33.3 Å². The Morgan fingerprint density at radius 3 is 1.67 bits per heavy atom. The standard InChI is InChI=1S/C23H40N6S.2ClH.Mn/c24-9-12-30-19-13-17-15-27-22-7-3-1-5-20(22)25-10-11-26-21-6-2-4-8-23(21)28-16-18(14-19)29-17;;;/h13-14,20-23,25-28H,1-12,15-16,24H2;2*1H;/q;;;+2/p-2. The second-order valence-electron chi connectivity index (χ2n) is 9.14. The van der Waals surface area contributed by atoms with Gasteiger partial charge in [-0.2, -0.15) is 0 Å². The molecule has 1 aromatic heterocycles. The molecule has 0 spiro atoms. The van der Waals surface area contributed by atoms with Crippen LogP contribution >= 0.6 is 32.0 Å². The first kappa shape index (κ1) is 28.0. The van der Waals surface area contributed by atoms with Gasteiger partial charge in [0.25, 0.3) is 0 Å². The van der Waals surface area contributed by atoms with Gasteiger partial charge in [-0.25, -0.2) is 0 Å². The van der Waals surface area contributed by atoms with Crippen molar-refractivity contribution in [3.63, 3.8) is 0 Å². The number of nitrogens with two attached hydrogens (primary N) is 1. The Hall–Kier alpha value is 0.399. The summed E-state index contributed by atoms with van der Waals surface area (Å²) in [5, 5.41) is 15.4. The van der Waals surface area contributed by atoms with Crippen LogP contribution in [0.1, 0.15) is 62.8 Å². The van der Waals surface area contributed by atoms with E-state index < -0.39 is 0 Å². The fraction of sp³-hybridized carbons (Fsp3) is 0.783. The number of nitrogens with zero attached hydrogens (tertiary/aromatic N) is 1. The van der Waals surface area contributed by atoms with Crippen LogP contribution in [0.2, 0.25) is 0 Å². The molecule has 4 unspecified atom stereocenters. The third-order valence-corrected chi connectivity index (χ3v) is 7.86. The van der Waals surface area contributed by atoms with Crippen LogP contribution in [0, 0.1) is 0 Å². The molecule has 6 nitrogen and oxygen atoms in total.